The van der Waals surface area contributed by atoms with Gasteiger partial charge < -0.3 is 5.11 Å². The average Bonchev–Trinajstić information content (AvgIpc) is 3.17. The van der Waals surface area contributed by atoms with Gasteiger partial charge in [0.25, 0.3) is 0 Å². The van der Waals surface area contributed by atoms with Crippen LogP contribution < -0.4 is 0 Å². The number of tetrazole rings is 1. The summed E-state index contributed by atoms with van der Waals surface area (Å²) in [4.78, 5) is 11.1. The normalized spacial score (nSPS) is 15.9. The molecule has 0 saturated heterocycles. The van der Waals surface area contributed by atoms with E-state index in [1.807, 2.05) is 25.1 Å². The number of rotatable bonds is 5. The molecule has 1 aliphatic rings. The third-order valence-corrected chi connectivity index (χ3v) is 4.84. The zero-order valence-corrected chi connectivity index (χ0v) is 13.1. The number of aliphatic carboxylic acids is 1. The number of carboxylic acid groups (broad SMARTS) is 1. The fraction of sp³-hybridized carbons (Fsp3) is 0.429. The van der Waals surface area contributed by atoms with Crippen LogP contribution in [0.1, 0.15) is 30.9 Å². The topological polar surface area (TPSA) is 80.9 Å². The van der Waals surface area contributed by atoms with E-state index in [0.29, 0.717) is 11.7 Å². The molecule has 0 bridgehead atoms. The van der Waals surface area contributed by atoms with E-state index in [1.54, 1.807) is 4.68 Å². The Morgan fingerprint density at radius 2 is 2.29 bits per heavy atom. The van der Waals surface area contributed by atoms with E-state index in [2.05, 4.69) is 31.5 Å². The van der Waals surface area contributed by atoms with Gasteiger partial charge >= 0.3 is 5.97 Å². The zero-order chi connectivity index (χ0) is 15.0. The Morgan fingerprint density at radius 1 is 1.52 bits per heavy atom. The van der Waals surface area contributed by atoms with E-state index in [4.69, 9.17) is 5.11 Å². The molecule has 110 valence electrons. The van der Waals surface area contributed by atoms with Gasteiger partial charge in [-0.2, -0.15) is 0 Å². The molecule has 1 heterocycles. The highest BCUT2D eigenvalue weighted by Gasteiger charge is 2.36. The lowest BCUT2D eigenvalue weighted by atomic mass is 10.1. The lowest BCUT2D eigenvalue weighted by Gasteiger charge is -2.16. The first-order valence-corrected chi connectivity index (χ1v) is 7.62. The molecule has 1 unspecified atom stereocenters. The van der Waals surface area contributed by atoms with E-state index in [1.165, 1.54) is 0 Å². The monoisotopic (exact) mass is 350 g/mol. The summed E-state index contributed by atoms with van der Waals surface area (Å²) in [6.07, 6.45) is 2.12. The van der Waals surface area contributed by atoms with Gasteiger partial charge in [0.2, 0.25) is 0 Å². The predicted octanol–water partition coefficient (Wildman–Crippen LogP) is 2.84. The van der Waals surface area contributed by atoms with E-state index < -0.39 is 5.97 Å². The summed E-state index contributed by atoms with van der Waals surface area (Å²) < 4.78 is 2.61. The molecule has 2 aromatic rings. The third-order valence-electron chi connectivity index (χ3n) is 3.79. The smallest absolute Gasteiger partial charge is 0.305 e. The number of hydrogen-bond donors (Lipinski definition) is 1. The van der Waals surface area contributed by atoms with Crippen LogP contribution in [0.25, 0.3) is 11.4 Å². The molecule has 1 aromatic heterocycles. The number of hydrogen-bond acceptors (Lipinski definition) is 4. The summed E-state index contributed by atoms with van der Waals surface area (Å²) >= 11 is 3.56. The average molecular weight is 351 g/mol. The van der Waals surface area contributed by atoms with Gasteiger partial charge in [-0.15, -0.1) is 5.10 Å². The van der Waals surface area contributed by atoms with Crippen LogP contribution in [0.2, 0.25) is 0 Å². The Balaban J connectivity index is 2.03. The minimum absolute atomic E-state index is 0.0478. The quantitative estimate of drug-likeness (QED) is 0.896. The van der Waals surface area contributed by atoms with Crippen molar-refractivity contribution in [3.63, 3.8) is 0 Å². The van der Waals surface area contributed by atoms with Gasteiger partial charge in [0.05, 0.1) is 12.5 Å². The number of aromatic nitrogens is 4. The van der Waals surface area contributed by atoms with Crippen LogP contribution in [0.3, 0.4) is 0 Å². The minimum Gasteiger partial charge on any atom is -0.481 e. The Bertz CT molecular complexity index is 681. The molecule has 21 heavy (non-hydrogen) atoms. The maximum absolute atomic E-state index is 11.1. The van der Waals surface area contributed by atoms with Crippen LogP contribution in [0.15, 0.2) is 22.7 Å². The Hall–Kier alpha value is -1.76. The van der Waals surface area contributed by atoms with Crippen molar-refractivity contribution in [2.24, 2.45) is 5.92 Å². The Labute approximate surface area is 130 Å². The van der Waals surface area contributed by atoms with Crippen molar-refractivity contribution >= 4 is 21.9 Å². The summed E-state index contributed by atoms with van der Waals surface area (Å²) in [6, 6.07) is 5.69. The second kappa shape index (κ2) is 5.55. The van der Waals surface area contributed by atoms with Gasteiger partial charge in [-0.3, -0.25) is 4.79 Å². The van der Waals surface area contributed by atoms with E-state index in [-0.39, 0.29) is 12.5 Å². The van der Waals surface area contributed by atoms with Crippen LogP contribution in [0.5, 0.6) is 0 Å². The Kier molecular flexibility index (Phi) is 3.75. The summed E-state index contributed by atoms with van der Waals surface area (Å²) in [5.41, 5.74) is 1.97. The molecule has 0 radical (unpaired) electrons. The molecule has 1 saturated carbocycles. The molecule has 1 fully saturated rings. The first-order valence-electron chi connectivity index (χ1n) is 6.83. The summed E-state index contributed by atoms with van der Waals surface area (Å²) in [5.74, 6) is 0.146. The van der Waals surface area contributed by atoms with Crippen molar-refractivity contribution in [1.29, 1.82) is 0 Å². The fourth-order valence-corrected chi connectivity index (χ4v) is 2.97. The van der Waals surface area contributed by atoms with Gasteiger partial charge in [0, 0.05) is 10.0 Å². The second-order valence-corrected chi connectivity index (χ2v) is 6.18. The molecule has 6 nitrogen and oxygen atoms in total. The number of nitrogens with zero attached hydrogens (tertiary/aromatic N) is 4. The molecule has 1 atom stereocenters. The van der Waals surface area contributed by atoms with E-state index in [0.717, 1.165) is 28.4 Å². The highest BCUT2D eigenvalue weighted by molar-refractivity contribution is 9.10. The molecule has 0 aliphatic heterocycles. The summed E-state index contributed by atoms with van der Waals surface area (Å²) in [7, 11) is 0. The van der Waals surface area contributed by atoms with Crippen molar-refractivity contribution < 1.29 is 9.90 Å². The molecule has 3 rings (SSSR count). The lowest BCUT2D eigenvalue weighted by molar-refractivity contribution is -0.138. The van der Waals surface area contributed by atoms with Crippen LogP contribution in [0, 0.1) is 12.8 Å². The number of halogens is 1. The van der Waals surface area contributed by atoms with Crippen LogP contribution >= 0.6 is 15.9 Å². The van der Waals surface area contributed by atoms with Gasteiger partial charge in [0.15, 0.2) is 5.82 Å². The SMILES string of the molecule is Cc1cccc(-c2nnnn2C(CC(=O)O)C2CC2)c1Br. The minimum atomic E-state index is -0.823. The molecular formula is C14H15BrN4O2. The van der Waals surface area contributed by atoms with Crippen LogP contribution in [-0.4, -0.2) is 31.3 Å². The van der Waals surface area contributed by atoms with Gasteiger partial charge in [-0.1, -0.05) is 12.1 Å². The zero-order valence-electron chi connectivity index (χ0n) is 11.5. The molecule has 0 spiro atoms. The third kappa shape index (κ3) is 2.83. The molecule has 1 N–H and O–H groups in total. The molecule has 7 heteroatoms. The summed E-state index contributed by atoms with van der Waals surface area (Å²) in [5, 5.41) is 21.0. The number of aryl methyl sites for hydroxylation is 1. The van der Waals surface area contributed by atoms with Crippen molar-refractivity contribution in [2.45, 2.75) is 32.2 Å². The fourth-order valence-electron chi connectivity index (χ4n) is 2.53. The van der Waals surface area contributed by atoms with Crippen molar-refractivity contribution in [2.75, 3.05) is 0 Å². The Morgan fingerprint density at radius 3 is 2.95 bits per heavy atom. The number of carbonyl (C=O) groups is 1. The molecule has 1 aromatic carbocycles. The van der Waals surface area contributed by atoms with E-state index in [9.17, 15) is 4.79 Å². The summed E-state index contributed by atoms with van der Waals surface area (Å²) in [6.45, 7) is 2.00. The largest absolute Gasteiger partial charge is 0.481 e. The molecule has 1 aliphatic carbocycles. The lowest BCUT2D eigenvalue weighted by Crippen LogP contribution is -2.18. The van der Waals surface area contributed by atoms with Crippen LogP contribution in [0.4, 0.5) is 0 Å². The first kappa shape index (κ1) is 14.2. The highest BCUT2D eigenvalue weighted by atomic mass is 79.9. The standard InChI is InChI=1S/C14H15BrN4O2/c1-8-3-2-4-10(13(8)15)14-16-17-18-19(14)11(7-12(20)21)9-5-6-9/h2-4,9,11H,5-7H2,1H3,(H,20,21). The predicted molar refractivity (Wildman–Crippen MR) is 79.7 cm³/mol. The van der Waals surface area contributed by atoms with Crippen molar-refractivity contribution in [1.82, 2.24) is 20.2 Å². The number of benzene rings is 1. The van der Waals surface area contributed by atoms with Crippen molar-refractivity contribution in [3.05, 3.63) is 28.2 Å². The van der Waals surface area contributed by atoms with Crippen molar-refractivity contribution in [3.8, 4) is 11.4 Å². The maximum Gasteiger partial charge on any atom is 0.305 e. The van der Waals surface area contributed by atoms with Gasteiger partial charge in [-0.05, 0) is 63.7 Å². The van der Waals surface area contributed by atoms with Crippen LogP contribution in [-0.2, 0) is 4.79 Å². The number of carboxylic acids is 1. The maximum atomic E-state index is 11.1. The first-order chi connectivity index (χ1) is 10.1. The second-order valence-electron chi connectivity index (χ2n) is 5.39. The molecule has 0 amide bonds. The molecular weight excluding hydrogens is 336 g/mol. The highest BCUT2D eigenvalue weighted by Crippen LogP contribution is 2.43. The van der Waals surface area contributed by atoms with E-state index >= 15 is 0 Å². The van der Waals surface area contributed by atoms with Gasteiger partial charge in [0.1, 0.15) is 0 Å². The van der Waals surface area contributed by atoms with Gasteiger partial charge in [-0.25, -0.2) is 4.68 Å².